The summed E-state index contributed by atoms with van der Waals surface area (Å²) in [5.74, 6) is -2.93. The van der Waals surface area contributed by atoms with E-state index in [0.717, 1.165) is 0 Å². The number of hydrogen-bond donors (Lipinski definition) is 1. The topological polar surface area (TPSA) is 71.4 Å². The SMILES string of the molecule is CCCC(=O)CC(=O)C(C)C(=O)O. The number of carbonyl (C=O) groups excluding carboxylic acids is 2. The second-order valence-electron chi connectivity index (χ2n) is 2.99. The van der Waals surface area contributed by atoms with Crippen molar-refractivity contribution < 1.29 is 19.5 Å². The van der Waals surface area contributed by atoms with Gasteiger partial charge in [-0.25, -0.2) is 0 Å². The van der Waals surface area contributed by atoms with Crippen LogP contribution in [0.4, 0.5) is 0 Å². The molecule has 4 heteroatoms. The van der Waals surface area contributed by atoms with E-state index < -0.39 is 17.7 Å². The fraction of sp³-hybridized carbons (Fsp3) is 0.667. The lowest BCUT2D eigenvalue weighted by Gasteiger charge is -2.03. The van der Waals surface area contributed by atoms with Crippen LogP contribution in [0.1, 0.15) is 33.1 Å². The van der Waals surface area contributed by atoms with Crippen molar-refractivity contribution in [3.05, 3.63) is 0 Å². The van der Waals surface area contributed by atoms with Crippen molar-refractivity contribution in [2.75, 3.05) is 0 Å². The third kappa shape index (κ3) is 4.40. The maximum absolute atomic E-state index is 11.1. The molecular weight excluding hydrogens is 172 g/mol. The van der Waals surface area contributed by atoms with Crippen LogP contribution in [-0.2, 0) is 14.4 Å². The highest BCUT2D eigenvalue weighted by atomic mass is 16.4. The van der Waals surface area contributed by atoms with Crippen molar-refractivity contribution in [2.45, 2.75) is 33.1 Å². The Morgan fingerprint density at radius 1 is 1.31 bits per heavy atom. The van der Waals surface area contributed by atoms with Crippen molar-refractivity contribution >= 4 is 17.5 Å². The lowest BCUT2D eigenvalue weighted by Crippen LogP contribution is -2.22. The Morgan fingerprint density at radius 2 is 1.85 bits per heavy atom. The van der Waals surface area contributed by atoms with Crippen LogP contribution in [-0.4, -0.2) is 22.6 Å². The first-order valence-corrected chi connectivity index (χ1v) is 4.26. The zero-order valence-corrected chi connectivity index (χ0v) is 7.87. The summed E-state index contributed by atoms with van der Waals surface area (Å²) in [6, 6.07) is 0. The van der Waals surface area contributed by atoms with Crippen molar-refractivity contribution in [1.82, 2.24) is 0 Å². The molecule has 0 saturated heterocycles. The van der Waals surface area contributed by atoms with Gasteiger partial charge in [0, 0.05) is 6.42 Å². The minimum absolute atomic E-state index is 0.180. The molecule has 0 heterocycles. The van der Waals surface area contributed by atoms with E-state index in [0.29, 0.717) is 12.8 Å². The van der Waals surface area contributed by atoms with Crippen LogP contribution in [0.3, 0.4) is 0 Å². The zero-order valence-electron chi connectivity index (χ0n) is 7.87. The smallest absolute Gasteiger partial charge is 0.313 e. The molecule has 0 aromatic heterocycles. The number of carboxylic acids is 1. The molecule has 13 heavy (non-hydrogen) atoms. The van der Waals surface area contributed by atoms with E-state index >= 15 is 0 Å². The molecule has 0 fully saturated rings. The van der Waals surface area contributed by atoms with Crippen LogP contribution in [0.5, 0.6) is 0 Å². The van der Waals surface area contributed by atoms with E-state index in [2.05, 4.69) is 0 Å². The first-order valence-electron chi connectivity index (χ1n) is 4.26. The van der Waals surface area contributed by atoms with Crippen molar-refractivity contribution in [3.63, 3.8) is 0 Å². The van der Waals surface area contributed by atoms with Gasteiger partial charge in [0.05, 0.1) is 6.42 Å². The molecule has 0 amide bonds. The van der Waals surface area contributed by atoms with E-state index in [1.807, 2.05) is 6.92 Å². The van der Waals surface area contributed by atoms with Crippen LogP contribution < -0.4 is 0 Å². The van der Waals surface area contributed by atoms with Crippen LogP contribution in [0, 0.1) is 5.92 Å². The van der Waals surface area contributed by atoms with Gasteiger partial charge in [-0.15, -0.1) is 0 Å². The molecule has 0 aliphatic rings. The Labute approximate surface area is 76.9 Å². The summed E-state index contributed by atoms with van der Waals surface area (Å²) >= 11 is 0. The summed E-state index contributed by atoms with van der Waals surface area (Å²) < 4.78 is 0. The van der Waals surface area contributed by atoms with Crippen molar-refractivity contribution in [3.8, 4) is 0 Å². The van der Waals surface area contributed by atoms with Gasteiger partial charge in [-0.2, -0.15) is 0 Å². The summed E-state index contributed by atoms with van der Waals surface area (Å²) in [4.78, 5) is 32.4. The van der Waals surface area contributed by atoms with Gasteiger partial charge in [0.25, 0.3) is 0 Å². The molecule has 0 spiro atoms. The number of Topliss-reactive ketones (excluding diaryl/α,β-unsaturated/α-hetero) is 2. The van der Waals surface area contributed by atoms with E-state index in [1.165, 1.54) is 6.92 Å². The maximum atomic E-state index is 11.1. The summed E-state index contributed by atoms with van der Waals surface area (Å²) in [5.41, 5.74) is 0. The third-order valence-electron chi connectivity index (χ3n) is 1.75. The summed E-state index contributed by atoms with van der Waals surface area (Å²) in [6.45, 7) is 3.13. The Balaban J connectivity index is 4.00. The van der Waals surface area contributed by atoms with E-state index in [-0.39, 0.29) is 12.2 Å². The second-order valence-corrected chi connectivity index (χ2v) is 2.99. The fourth-order valence-corrected chi connectivity index (χ4v) is 0.852. The maximum Gasteiger partial charge on any atom is 0.313 e. The standard InChI is InChI=1S/C9H14O4/c1-3-4-7(10)5-8(11)6(2)9(12)13/h6H,3-5H2,1-2H3,(H,12,13). The van der Waals surface area contributed by atoms with Gasteiger partial charge in [-0.1, -0.05) is 6.92 Å². The molecule has 0 aliphatic carbocycles. The number of carbonyl (C=O) groups is 3. The van der Waals surface area contributed by atoms with Gasteiger partial charge in [0.15, 0.2) is 5.78 Å². The summed E-state index contributed by atoms with van der Waals surface area (Å²) in [5, 5.41) is 8.46. The molecule has 1 unspecified atom stereocenters. The number of carboxylic acid groups (broad SMARTS) is 1. The van der Waals surface area contributed by atoms with E-state index in [1.54, 1.807) is 0 Å². The third-order valence-corrected chi connectivity index (χ3v) is 1.75. The minimum atomic E-state index is -1.17. The molecule has 0 aliphatic heterocycles. The molecule has 1 N–H and O–H groups in total. The molecular formula is C9H14O4. The molecule has 4 nitrogen and oxygen atoms in total. The monoisotopic (exact) mass is 186 g/mol. The van der Waals surface area contributed by atoms with Crippen LogP contribution in [0.25, 0.3) is 0 Å². The first-order chi connectivity index (χ1) is 5.99. The van der Waals surface area contributed by atoms with Gasteiger partial charge >= 0.3 is 5.97 Å². The lowest BCUT2D eigenvalue weighted by atomic mass is 10.0. The molecule has 0 bridgehead atoms. The number of rotatable bonds is 6. The highest BCUT2D eigenvalue weighted by molar-refractivity contribution is 6.07. The first kappa shape index (κ1) is 11.8. The Bertz CT molecular complexity index is 220. The number of hydrogen-bond acceptors (Lipinski definition) is 3. The van der Waals surface area contributed by atoms with Crippen LogP contribution in [0.15, 0.2) is 0 Å². The normalized spacial score (nSPS) is 12.2. The molecule has 0 aromatic carbocycles. The highest BCUT2D eigenvalue weighted by Crippen LogP contribution is 2.03. The predicted octanol–water partition coefficient (Wildman–Crippen LogP) is 1.04. The van der Waals surface area contributed by atoms with Crippen molar-refractivity contribution in [1.29, 1.82) is 0 Å². The minimum Gasteiger partial charge on any atom is -0.481 e. The van der Waals surface area contributed by atoms with Gasteiger partial charge in [-0.3, -0.25) is 14.4 Å². The Hall–Kier alpha value is -1.19. The lowest BCUT2D eigenvalue weighted by molar-refractivity contribution is -0.145. The highest BCUT2D eigenvalue weighted by Gasteiger charge is 2.22. The predicted molar refractivity (Wildman–Crippen MR) is 46.3 cm³/mol. The average molecular weight is 186 g/mol. The molecule has 1 atom stereocenters. The van der Waals surface area contributed by atoms with Gasteiger partial charge < -0.3 is 5.11 Å². The Morgan fingerprint density at radius 3 is 2.23 bits per heavy atom. The molecule has 74 valence electrons. The Kier molecular flexibility index (Phi) is 4.96. The summed E-state index contributed by atoms with van der Waals surface area (Å²) in [7, 11) is 0. The molecule has 0 saturated carbocycles. The average Bonchev–Trinajstić information content (AvgIpc) is 2.03. The van der Waals surface area contributed by atoms with Gasteiger partial charge in [0.1, 0.15) is 11.7 Å². The van der Waals surface area contributed by atoms with Crippen LogP contribution in [0.2, 0.25) is 0 Å². The number of ketones is 2. The van der Waals surface area contributed by atoms with E-state index in [4.69, 9.17) is 5.11 Å². The fourth-order valence-electron chi connectivity index (χ4n) is 0.852. The van der Waals surface area contributed by atoms with Gasteiger partial charge in [0.2, 0.25) is 0 Å². The van der Waals surface area contributed by atoms with E-state index in [9.17, 15) is 14.4 Å². The van der Waals surface area contributed by atoms with Crippen LogP contribution >= 0.6 is 0 Å². The van der Waals surface area contributed by atoms with Crippen molar-refractivity contribution in [2.24, 2.45) is 5.92 Å². The quantitative estimate of drug-likeness (QED) is 0.629. The molecule has 0 rings (SSSR count). The summed E-state index contributed by atoms with van der Waals surface area (Å²) in [6.07, 6.45) is 0.785. The van der Waals surface area contributed by atoms with Gasteiger partial charge in [-0.05, 0) is 13.3 Å². The zero-order chi connectivity index (χ0) is 10.4. The largest absolute Gasteiger partial charge is 0.481 e. The second kappa shape index (κ2) is 5.45. The molecule has 0 radical (unpaired) electrons. The number of aliphatic carboxylic acids is 1. The molecule has 0 aromatic rings.